The summed E-state index contributed by atoms with van der Waals surface area (Å²) in [4.78, 5) is 20.6. The van der Waals surface area contributed by atoms with E-state index in [0.717, 1.165) is 146 Å². The van der Waals surface area contributed by atoms with Gasteiger partial charge in [0.1, 0.15) is 35.9 Å². The molecule has 0 radical (unpaired) electrons. The Morgan fingerprint density at radius 1 is 0.226 bits per heavy atom. The molecule has 0 amide bonds. The minimum Gasteiger partial charge on any atom is -0.355 e. The highest BCUT2D eigenvalue weighted by Crippen LogP contribution is 2.55. The molecule has 0 aliphatic rings. The predicted octanol–water partition coefficient (Wildman–Crippen LogP) is 33.3. The summed E-state index contributed by atoms with van der Waals surface area (Å²) in [6, 6.07) is 74.8. The number of fused-ring (bicyclic) bond motifs is 15. The van der Waals surface area contributed by atoms with Crippen LogP contribution in [0.4, 0.5) is 17.6 Å². The summed E-state index contributed by atoms with van der Waals surface area (Å²) in [7, 11) is 0. The van der Waals surface area contributed by atoms with Crippen molar-refractivity contribution in [2.45, 2.75) is 262 Å². The largest absolute Gasteiger partial charge is 0.355 e. The van der Waals surface area contributed by atoms with Crippen LogP contribution >= 0.6 is 0 Å². The summed E-state index contributed by atoms with van der Waals surface area (Å²) in [6.45, 7) is 69.0. The van der Waals surface area contributed by atoms with Crippen molar-refractivity contribution in [3.63, 3.8) is 0 Å². The first-order valence-corrected chi connectivity index (χ1v) is 47.7. The molecule has 0 saturated carbocycles. The molecule has 11 nitrogen and oxygen atoms in total. The number of nitrogens with zero attached hydrogens (tertiary/aromatic N) is 10. The average molecular weight is 1820 g/mol. The van der Waals surface area contributed by atoms with Crippen molar-refractivity contribution in [2.24, 2.45) is 0 Å². The van der Waals surface area contributed by atoms with Crippen LogP contribution in [-0.4, -0.2) is 43.2 Å². The fourth-order valence-electron chi connectivity index (χ4n) is 19.4. The normalized spacial score (nSPS) is 13.0. The SMILES string of the molecule is CC(C)(C)c1ccc2[nH]c3ccc(C(C)(C)C)cc3c2c1.CC(C)(C)c1ccc2c(c1)c1cc(C(C)(C)C)ccc1n2-c1c(C#N)c(-n2c3ccc(C(C)(C)C)cc3c3cc(C(C)(C)C)ccc32)c(-n2c3ccc(C(C)(C)C)cc3c3cc(C(C)(C)C)ccc32)c(-c2cncnc2)c1-n1c2ccc(C(C)(C)C)cc2c2cc(C(C)(C)C)ccc21.N#Cc1c(F)c(F)c(-c2cncnc2)c(F)c1F. The fourth-order valence-corrected chi connectivity index (χ4v) is 19.4. The molecule has 698 valence electrons. The molecule has 19 aromatic rings. The van der Waals surface area contributed by atoms with Gasteiger partial charge in [-0.15, -0.1) is 0 Å². The minimum absolute atomic E-state index is 0.161. The number of hydrogen-bond acceptors (Lipinski definition) is 6. The van der Waals surface area contributed by atoms with E-state index in [-0.39, 0.29) is 59.7 Å². The Balaban J connectivity index is 0.000000272. The number of benzene rings is 12. The Morgan fingerprint density at radius 2 is 0.409 bits per heavy atom. The van der Waals surface area contributed by atoms with Gasteiger partial charge in [0.05, 0.1) is 72.4 Å². The van der Waals surface area contributed by atoms with E-state index in [9.17, 15) is 22.8 Å². The zero-order chi connectivity index (χ0) is 99.1. The smallest absolute Gasteiger partial charge is 0.180 e. The zero-order valence-electron chi connectivity index (χ0n) is 85.3. The van der Waals surface area contributed by atoms with Crippen LogP contribution in [0.3, 0.4) is 0 Å². The van der Waals surface area contributed by atoms with Gasteiger partial charge in [-0.3, -0.25) is 0 Å². The van der Waals surface area contributed by atoms with Crippen LogP contribution in [-0.2, 0) is 54.1 Å². The van der Waals surface area contributed by atoms with Crippen LogP contribution in [0.25, 0.3) is 154 Å². The van der Waals surface area contributed by atoms with Crippen molar-refractivity contribution in [3.05, 3.63) is 309 Å². The number of H-pyrrole nitrogens is 1. The third-order valence-electron chi connectivity index (χ3n) is 27.8. The molecular weight excluding hydrogens is 1700 g/mol. The maximum atomic E-state index is 13.6. The van der Waals surface area contributed by atoms with Crippen molar-refractivity contribution in [3.8, 4) is 57.1 Å². The number of rotatable bonds is 6. The van der Waals surface area contributed by atoms with Gasteiger partial charge >= 0.3 is 0 Å². The summed E-state index contributed by atoms with van der Waals surface area (Å²) in [6.07, 6.45) is 8.76. The topological polar surface area (TPSA) is 135 Å². The molecule has 15 heteroatoms. The zero-order valence-corrected chi connectivity index (χ0v) is 85.3. The third-order valence-corrected chi connectivity index (χ3v) is 27.8. The van der Waals surface area contributed by atoms with Crippen LogP contribution in [0, 0.1) is 45.9 Å². The number of aromatic amines is 1. The van der Waals surface area contributed by atoms with E-state index in [4.69, 9.17) is 15.2 Å². The van der Waals surface area contributed by atoms with E-state index < -0.39 is 34.4 Å². The highest BCUT2D eigenvalue weighted by molar-refractivity contribution is 6.18. The molecule has 0 spiro atoms. The monoisotopic (exact) mass is 1820 g/mol. The van der Waals surface area contributed by atoms with Crippen molar-refractivity contribution >= 4 is 109 Å². The molecule has 0 saturated heterocycles. The Labute approximate surface area is 803 Å². The van der Waals surface area contributed by atoms with Gasteiger partial charge < -0.3 is 23.3 Å². The lowest BCUT2D eigenvalue weighted by atomic mass is 9.85. The first-order chi connectivity index (χ1) is 63.9. The van der Waals surface area contributed by atoms with Crippen LogP contribution < -0.4 is 0 Å². The molecule has 7 aromatic heterocycles. The predicted molar refractivity (Wildman–Crippen MR) is 564 cm³/mol. The molecule has 0 aliphatic heterocycles. The van der Waals surface area contributed by atoms with Gasteiger partial charge in [-0.25, -0.2) is 37.5 Å². The van der Waals surface area contributed by atoms with Gasteiger partial charge in [-0.2, -0.15) is 10.5 Å². The summed E-state index contributed by atoms with van der Waals surface area (Å²) >= 11 is 0. The Kier molecular flexibility index (Phi) is 23.1. The van der Waals surface area contributed by atoms with Crippen LogP contribution in [0.2, 0.25) is 0 Å². The second-order valence-electron chi connectivity index (χ2n) is 48.0. The van der Waals surface area contributed by atoms with Crippen LogP contribution in [0.15, 0.2) is 219 Å². The second kappa shape index (κ2) is 33.2. The summed E-state index contributed by atoms with van der Waals surface area (Å²) < 4.78 is 63.9. The van der Waals surface area contributed by atoms with E-state index in [1.165, 1.54) is 77.4 Å². The molecule has 0 unspecified atom stereocenters. The minimum atomic E-state index is -1.74. The van der Waals surface area contributed by atoms with E-state index >= 15 is 0 Å². The lowest BCUT2D eigenvalue weighted by Crippen LogP contribution is -2.17. The van der Waals surface area contributed by atoms with Gasteiger partial charge in [0.2, 0.25) is 0 Å². The van der Waals surface area contributed by atoms with Gasteiger partial charge in [-0.05, 0) is 231 Å². The molecule has 19 rings (SSSR count). The molecule has 7 heterocycles. The van der Waals surface area contributed by atoms with Gasteiger partial charge in [0, 0.05) is 106 Å². The standard InChI is InChI=1S/C91H99N7.C20H25N.C11H3F4N3/c1-84(2,3)54-25-33-71-62(41-54)63-42-55(85(4,5)6)26-34-72(63)95(71)80-70(49-92)81(96-73-35-27-56(86(7,8)9)43-64(73)65-44-57(87(10,11)12)28-36-74(65)96)83(98-77-39-31-60(90(19,20)21)47-68(77)69-48-61(91(22,23)24)32-40-78(69)98)79(53-50-93-52-94-51-53)82(80)97-75-37-29-58(88(13,14)15)45-66(75)67-46-59(89(16,17)18)30-38-76(67)97;1-19(2,3)13-7-9-17-15(11-13)16-12-14(20(4,5)6)8-10-18(16)21-17;12-8-6(1-16)9(13)11(15)7(10(8)14)5-2-17-4-18-3-5/h25-48,50-52H,1-24H3;7-12,21H,1-6H3;2-4H. The van der Waals surface area contributed by atoms with E-state index in [0.29, 0.717) is 5.56 Å². The van der Waals surface area contributed by atoms with E-state index in [1.807, 2.05) is 12.4 Å². The molecule has 12 aromatic carbocycles. The highest BCUT2D eigenvalue weighted by Gasteiger charge is 2.39. The maximum Gasteiger partial charge on any atom is 0.180 e. The fraction of sp³-hybridized carbons (Fsp3) is 0.328. The molecule has 0 aliphatic carbocycles. The number of halogens is 4. The van der Waals surface area contributed by atoms with Crippen LogP contribution in [0.1, 0.15) is 274 Å². The molecule has 0 atom stereocenters. The van der Waals surface area contributed by atoms with Crippen LogP contribution in [0.5, 0.6) is 0 Å². The molecule has 1 N–H and O–H groups in total. The molecule has 137 heavy (non-hydrogen) atoms. The number of nitriles is 2. The average Bonchev–Trinajstić information content (AvgIpc) is 1.27. The number of hydrogen-bond donors (Lipinski definition) is 1. The number of nitrogens with one attached hydrogen (secondary N) is 1. The molecule has 0 fully saturated rings. The van der Waals surface area contributed by atoms with E-state index in [2.05, 4.69) is 429 Å². The van der Waals surface area contributed by atoms with Crippen molar-refractivity contribution in [2.75, 3.05) is 0 Å². The van der Waals surface area contributed by atoms with Crippen molar-refractivity contribution in [1.82, 2.24) is 43.2 Å². The Bertz CT molecular complexity index is 7520. The lowest BCUT2D eigenvalue weighted by Gasteiger charge is -2.29. The van der Waals surface area contributed by atoms with Gasteiger partial charge in [0.25, 0.3) is 0 Å². The van der Waals surface area contributed by atoms with E-state index in [1.54, 1.807) is 6.33 Å². The highest BCUT2D eigenvalue weighted by atomic mass is 19.2. The first kappa shape index (κ1) is 95.2. The summed E-state index contributed by atoms with van der Waals surface area (Å²) in [5.41, 5.74) is 25.3. The third kappa shape index (κ3) is 16.9. The lowest BCUT2D eigenvalue weighted by molar-refractivity contribution is 0.454. The summed E-state index contributed by atoms with van der Waals surface area (Å²) in [5.74, 6) is -6.79. The summed E-state index contributed by atoms with van der Waals surface area (Å²) in [5, 5.41) is 33.8. The van der Waals surface area contributed by atoms with Gasteiger partial charge in [0.15, 0.2) is 23.3 Å². The quantitative estimate of drug-likeness (QED) is 0.130. The second-order valence-corrected chi connectivity index (χ2v) is 48.0. The maximum absolute atomic E-state index is 13.6. The first-order valence-electron chi connectivity index (χ1n) is 47.7. The van der Waals surface area contributed by atoms with Gasteiger partial charge in [-0.1, -0.05) is 268 Å². The van der Waals surface area contributed by atoms with Crippen molar-refractivity contribution in [1.29, 1.82) is 10.5 Å². The number of aromatic nitrogens is 9. The Hall–Kier alpha value is -13.5. The molecular formula is C122H127F4N11. The molecule has 0 bridgehead atoms. The van der Waals surface area contributed by atoms with Crippen molar-refractivity contribution < 1.29 is 17.6 Å². The Morgan fingerprint density at radius 3 is 0.606 bits per heavy atom.